The molecule has 0 amide bonds. The SMILES string of the molecule is c1ccc(-c2nc(-c3ccccc3)nc(-c3ccc4c(c3)B3c5ccccc5-c5cccc(c53)C43c4ccccc4-c4ccccc43)n2)cc1. The van der Waals surface area contributed by atoms with Gasteiger partial charge in [-0.3, -0.25) is 0 Å². The van der Waals surface area contributed by atoms with Crippen LogP contribution in [0.25, 0.3) is 56.4 Å². The topological polar surface area (TPSA) is 38.7 Å². The van der Waals surface area contributed by atoms with Crippen LogP contribution in [0.2, 0.25) is 0 Å². The summed E-state index contributed by atoms with van der Waals surface area (Å²) in [7, 11) is 0. The fourth-order valence-corrected chi connectivity index (χ4v) is 9.09. The molecule has 3 heterocycles. The summed E-state index contributed by atoms with van der Waals surface area (Å²) in [5.41, 5.74) is 17.2. The van der Waals surface area contributed by atoms with Gasteiger partial charge in [-0.2, -0.15) is 0 Å². The number of rotatable bonds is 3. The van der Waals surface area contributed by atoms with Crippen molar-refractivity contribution >= 4 is 23.1 Å². The molecule has 8 aromatic rings. The molecule has 1 aromatic heterocycles. The Labute approximate surface area is 291 Å². The summed E-state index contributed by atoms with van der Waals surface area (Å²) >= 11 is 0. The van der Waals surface area contributed by atoms with Crippen molar-refractivity contribution < 1.29 is 0 Å². The normalized spacial score (nSPS) is 13.7. The Hall–Kier alpha value is -6.39. The molecule has 3 aliphatic rings. The van der Waals surface area contributed by atoms with E-state index >= 15 is 0 Å². The molecular formula is C46H28BN3. The van der Waals surface area contributed by atoms with Crippen molar-refractivity contribution in [3.63, 3.8) is 0 Å². The number of fused-ring (bicyclic) bond motifs is 12. The minimum absolute atomic E-state index is 0.0990. The molecule has 4 heteroatoms. The van der Waals surface area contributed by atoms with Crippen LogP contribution in [0.4, 0.5) is 0 Å². The van der Waals surface area contributed by atoms with Gasteiger partial charge < -0.3 is 0 Å². The monoisotopic (exact) mass is 633 g/mol. The molecular weight excluding hydrogens is 605 g/mol. The first-order valence-electron chi connectivity index (χ1n) is 17.2. The van der Waals surface area contributed by atoms with Gasteiger partial charge in [0.25, 0.3) is 0 Å². The molecule has 50 heavy (non-hydrogen) atoms. The van der Waals surface area contributed by atoms with Gasteiger partial charge in [0.15, 0.2) is 17.5 Å². The molecule has 2 aliphatic heterocycles. The van der Waals surface area contributed by atoms with E-state index in [0.717, 1.165) is 16.7 Å². The van der Waals surface area contributed by atoms with Crippen molar-refractivity contribution in [1.29, 1.82) is 0 Å². The first-order chi connectivity index (χ1) is 24.8. The highest BCUT2D eigenvalue weighted by atomic mass is 15.0. The molecule has 1 aliphatic carbocycles. The van der Waals surface area contributed by atoms with Gasteiger partial charge >= 0.3 is 0 Å². The van der Waals surface area contributed by atoms with E-state index in [4.69, 9.17) is 15.0 Å². The first-order valence-corrected chi connectivity index (χ1v) is 17.2. The summed E-state index contributed by atoms with van der Waals surface area (Å²) in [6.07, 6.45) is 0. The van der Waals surface area contributed by atoms with E-state index in [9.17, 15) is 0 Å². The van der Waals surface area contributed by atoms with Crippen LogP contribution >= 0.6 is 0 Å². The summed E-state index contributed by atoms with van der Waals surface area (Å²) in [5.74, 6) is 2.01. The highest BCUT2D eigenvalue weighted by Crippen LogP contribution is 2.57. The zero-order valence-electron chi connectivity index (χ0n) is 27.1. The van der Waals surface area contributed by atoms with E-state index in [-0.39, 0.29) is 6.71 Å². The molecule has 0 bridgehead atoms. The maximum absolute atomic E-state index is 5.14. The van der Waals surface area contributed by atoms with Gasteiger partial charge in [-0.25, -0.2) is 15.0 Å². The third-order valence-electron chi connectivity index (χ3n) is 11.0. The van der Waals surface area contributed by atoms with Crippen LogP contribution in [0.5, 0.6) is 0 Å². The molecule has 0 radical (unpaired) electrons. The number of benzene rings is 7. The zero-order valence-corrected chi connectivity index (χ0v) is 27.1. The Morgan fingerprint density at radius 2 is 0.840 bits per heavy atom. The zero-order chi connectivity index (χ0) is 32.8. The van der Waals surface area contributed by atoms with Crippen molar-refractivity contribution in [2.75, 3.05) is 0 Å². The maximum Gasteiger partial charge on any atom is 0.243 e. The van der Waals surface area contributed by atoms with Crippen molar-refractivity contribution in [3.05, 3.63) is 192 Å². The van der Waals surface area contributed by atoms with Crippen LogP contribution in [0, 0.1) is 0 Å². The van der Waals surface area contributed by atoms with E-state index in [0.29, 0.717) is 17.5 Å². The standard InChI is InChI=1S/C46H28BN3/c1-3-14-29(15-4-1)43-48-44(30-16-5-2-6-17-30)50-45(49-43)31-26-27-38-41(28-31)47-40-25-12-9-20-34(40)35-21-13-24-39(42(35)47)46(38)36-22-10-7-18-32(36)33-19-8-11-23-37(33)46/h1-28H. The molecule has 0 N–H and O–H groups in total. The van der Waals surface area contributed by atoms with Crippen LogP contribution < -0.4 is 16.4 Å². The van der Waals surface area contributed by atoms with Crippen molar-refractivity contribution in [2.24, 2.45) is 0 Å². The fraction of sp³-hybridized carbons (Fsp3) is 0.0217. The maximum atomic E-state index is 5.14. The van der Waals surface area contributed by atoms with Gasteiger partial charge in [0.05, 0.1) is 5.41 Å². The predicted molar refractivity (Wildman–Crippen MR) is 204 cm³/mol. The quantitative estimate of drug-likeness (QED) is 0.185. The van der Waals surface area contributed by atoms with Gasteiger partial charge in [-0.1, -0.05) is 186 Å². The second-order valence-corrected chi connectivity index (χ2v) is 13.5. The smallest absolute Gasteiger partial charge is 0.208 e. The summed E-state index contributed by atoms with van der Waals surface area (Å²) in [4.78, 5) is 15.3. The average molecular weight is 634 g/mol. The van der Waals surface area contributed by atoms with Gasteiger partial charge in [0.2, 0.25) is 6.71 Å². The number of aromatic nitrogens is 3. The average Bonchev–Trinajstić information content (AvgIpc) is 3.69. The predicted octanol–water partition coefficient (Wildman–Crippen LogP) is 8.05. The third-order valence-corrected chi connectivity index (χ3v) is 11.0. The molecule has 0 fully saturated rings. The van der Waals surface area contributed by atoms with Gasteiger partial charge in [0, 0.05) is 16.7 Å². The van der Waals surface area contributed by atoms with Crippen molar-refractivity contribution in [2.45, 2.75) is 5.41 Å². The molecule has 230 valence electrons. The Balaban J connectivity index is 1.22. The molecule has 0 saturated heterocycles. The van der Waals surface area contributed by atoms with Crippen LogP contribution in [0.3, 0.4) is 0 Å². The summed E-state index contributed by atoms with van der Waals surface area (Å²) in [6.45, 7) is 0.0990. The Morgan fingerprint density at radius 1 is 0.340 bits per heavy atom. The molecule has 1 spiro atoms. The summed E-state index contributed by atoms with van der Waals surface area (Å²) < 4.78 is 0. The van der Waals surface area contributed by atoms with Gasteiger partial charge in [-0.05, 0) is 44.5 Å². The molecule has 3 nitrogen and oxygen atoms in total. The van der Waals surface area contributed by atoms with E-state index in [2.05, 4.69) is 133 Å². The number of nitrogens with zero attached hydrogens (tertiary/aromatic N) is 3. The molecule has 11 rings (SSSR count). The lowest BCUT2D eigenvalue weighted by Gasteiger charge is -2.42. The second-order valence-electron chi connectivity index (χ2n) is 13.5. The number of hydrogen-bond donors (Lipinski definition) is 0. The minimum Gasteiger partial charge on any atom is -0.208 e. The van der Waals surface area contributed by atoms with Crippen LogP contribution in [0.1, 0.15) is 22.3 Å². The third kappa shape index (κ3) is 3.62. The van der Waals surface area contributed by atoms with Gasteiger partial charge in [-0.15, -0.1) is 0 Å². The van der Waals surface area contributed by atoms with E-state index in [1.54, 1.807) is 0 Å². The molecule has 0 atom stereocenters. The van der Waals surface area contributed by atoms with Gasteiger partial charge in [0.1, 0.15) is 0 Å². The lowest BCUT2D eigenvalue weighted by atomic mass is 9.32. The fourth-order valence-electron chi connectivity index (χ4n) is 9.09. The van der Waals surface area contributed by atoms with E-state index in [1.807, 2.05) is 36.4 Å². The second kappa shape index (κ2) is 10.3. The Bertz CT molecular complexity index is 2560. The lowest BCUT2D eigenvalue weighted by molar-refractivity contribution is 0.775. The van der Waals surface area contributed by atoms with Crippen molar-refractivity contribution in [1.82, 2.24) is 15.0 Å². The van der Waals surface area contributed by atoms with Crippen LogP contribution in [0.15, 0.2) is 170 Å². The first kappa shape index (κ1) is 27.6. The Kier molecular flexibility index (Phi) is 5.68. The highest BCUT2D eigenvalue weighted by Gasteiger charge is 2.54. The van der Waals surface area contributed by atoms with E-state index in [1.165, 1.54) is 60.9 Å². The molecule has 0 saturated carbocycles. The Morgan fingerprint density at radius 3 is 1.48 bits per heavy atom. The molecule has 7 aromatic carbocycles. The van der Waals surface area contributed by atoms with Crippen LogP contribution in [-0.4, -0.2) is 21.7 Å². The lowest BCUT2D eigenvalue weighted by Crippen LogP contribution is -2.59. The highest BCUT2D eigenvalue weighted by molar-refractivity contribution is 7.00. The summed E-state index contributed by atoms with van der Waals surface area (Å²) in [5, 5.41) is 0. The minimum atomic E-state index is -0.450. The van der Waals surface area contributed by atoms with Crippen molar-refractivity contribution in [3.8, 4) is 56.4 Å². The van der Waals surface area contributed by atoms with E-state index < -0.39 is 5.41 Å². The van der Waals surface area contributed by atoms with Crippen LogP contribution in [-0.2, 0) is 5.41 Å². The molecule has 0 unspecified atom stereocenters. The largest absolute Gasteiger partial charge is 0.243 e. The number of hydrogen-bond acceptors (Lipinski definition) is 3. The summed E-state index contributed by atoms with van der Waals surface area (Å²) in [6, 6.07) is 61.4.